The van der Waals surface area contributed by atoms with E-state index in [0.29, 0.717) is 0 Å². The van der Waals surface area contributed by atoms with Crippen LogP contribution in [0.5, 0.6) is 5.75 Å². The lowest BCUT2D eigenvalue weighted by Gasteiger charge is -2.21. The molecule has 0 saturated carbocycles. The molecule has 108 valence electrons. The van der Waals surface area contributed by atoms with Crippen molar-refractivity contribution in [2.24, 2.45) is 0 Å². The van der Waals surface area contributed by atoms with Gasteiger partial charge in [-0.1, -0.05) is 43.7 Å². The van der Waals surface area contributed by atoms with Gasteiger partial charge in [-0.2, -0.15) is 0 Å². The van der Waals surface area contributed by atoms with Crippen LogP contribution in [0.2, 0.25) is 0 Å². The monoisotopic (exact) mass is 288 g/mol. The molecule has 0 bridgehead atoms. The molecule has 1 aliphatic heterocycles. The highest BCUT2D eigenvalue weighted by Crippen LogP contribution is 2.50. The minimum Gasteiger partial charge on any atom is -0.492 e. The summed E-state index contributed by atoms with van der Waals surface area (Å²) in [6, 6.07) is 13.2. The van der Waals surface area contributed by atoms with Crippen molar-refractivity contribution < 1.29 is 4.74 Å². The quantitative estimate of drug-likeness (QED) is 0.589. The van der Waals surface area contributed by atoms with Crippen molar-refractivity contribution in [1.82, 2.24) is 0 Å². The molecule has 0 radical (unpaired) electrons. The van der Waals surface area contributed by atoms with E-state index < -0.39 is 0 Å². The van der Waals surface area contributed by atoms with Gasteiger partial charge in [-0.3, -0.25) is 0 Å². The Hall–Kier alpha value is -1.15. The first-order valence-corrected chi connectivity index (χ1v) is 9.51. The fourth-order valence-corrected chi connectivity index (χ4v) is 5.82. The number of unbranched alkanes of at least 4 members (excludes halogenated alkanes) is 1. The second kappa shape index (κ2) is 6.53. The van der Waals surface area contributed by atoms with Gasteiger partial charge in [0.05, 0.1) is 6.61 Å². The van der Waals surface area contributed by atoms with Gasteiger partial charge < -0.3 is 4.74 Å². The molecule has 0 amide bonds. The summed E-state index contributed by atoms with van der Waals surface area (Å²) in [5.41, 5.74) is 0. The van der Waals surface area contributed by atoms with Crippen molar-refractivity contribution >= 4 is 21.7 Å². The first-order valence-electron chi connectivity index (χ1n) is 7.79. The summed E-state index contributed by atoms with van der Waals surface area (Å²) in [6.45, 7) is 3.07. The molecule has 2 aromatic carbocycles. The summed E-state index contributed by atoms with van der Waals surface area (Å²) in [6.07, 6.45) is 5.12. The highest BCUT2D eigenvalue weighted by Gasteiger charge is 2.19. The normalized spacial score (nSPS) is 16.8. The molecule has 2 heteroatoms. The Morgan fingerprint density at radius 3 is 2.65 bits per heavy atom. The van der Waals surface area contributed by atoms with Crippen LogP contribution < -0.4 is 4.74 Å². The number of ether oxygens (including phenoxy) is 1. The zero-order chi connectivity index (χ0) is 13.8. The summed E-state index contributed by atoms with van der Waals surface area (Å²) in [7, 11) is -0.00663. The van der Waals surface area contributed by atoms with Gasteiger partial charge in [0.25, 0.3) is 0 Å². The lowest BCUT2D eigenvalue weighted by Crippen LogP contribution is -2.00. The minimum absolute atomic E-state index is 0.00663. The zero-order valence-corrected chi connectivity index (χ0v) is 13.2. The van der Waals surface area contributed by atoms with Gasteiger partial charge in [0.2, 0.25) is 0 Å². The van der Waals surface area contributed by atoms with E-state index in [-0.39, 0.29) is 10.9 Å². The van der Waals surface area contributed by atoms with Gasteiger partial charge in [-0.25, -0.2) is 10.9 Å². The van der Waals surface area contributed by atoms with E-state index in [0.717, 1.165) is 18.8 Å². The van der Waals surface area contributed by atoms with E-state index in [4.69, 9.17) is 4.74 Å². The van der Waals surface area contributed by atoms with Crippen LogP contribution in [-0.4, -0.2) is 18.1 Å². The van der Waals surface area contributed by atoms with E-state index in [9.17, 15) is 0 Å². The number of rotatable bonds is 5. The summed E-state index contributed by atoms with van der Waals surface area (Å²) >= 11 is 0. The maximum atomic E-state index is 6.11. The maximum Gasteiger partial charge on any atom is 0.131 e. The molecule has 0 N–H and O–H groups in total. The number of fused-ring (bicyclic) bond motifs is 1. The summed E-state index contributed by atoms with van der Waals surface area (Å²) in [4.78, 5) is 1.53. The van der Waals surface area contributed by atoms with Crippen LogP contribution in [0.25, 0.3) is 10.8 Å². The standard InChI is InChI=1S/C18H24OS/c1-2-3-12-19-17-11-10-15-8-4-5-9-16(15)18(17)20-13-6-7-14-20/h4-5,8-11,20H,2-3,6-7,12-14H2,1H3. The Balaban J connectivity index is 2.01. The molecule has 1 aliphatic rings. The third-order valence-electron chi connectivity index (χ3n) is 4.04. The van der Waals surface area contributed by atoms with Crippen molar-refractivity contribution in [3.63, 3.8) is 0 Å². The van der Waals surface area contributed by atoms with Crippen LogP contribution >= 0.6 is 10.9 Å². The van der Waals surface area contributed by atoms with Crippen molar-refractivity contribution in [1.29, 1.82) is 0 Å². The Bertz CT molecular complexity index is 573. The molecule has 0 aliphatic carbocycles. The molecule has 0 atom stereocenters. The highest BCUT2D eigenvalue weighted by atomic mass is 32.2. The van der Waals surface area contributed by atoms with Crippen molar-refractivity contribution in [3.8, 4) is 5.75 Å². The molecule has 1 fully saturated rings. The molecule has 0 spiro atoms. The molecule has 3 rings (SSSR count). The maximum absolute atomic E-state index is 6.11. The van der Waals surface area contributed by atoms with Gasteiger partial charge >= 0.3 is 0 Å². The smallest absolute Gasteiger partial charge is 0.131 e. The first kappa shape index (κ1) is 13.8. The Morgan fingerprint density at radius 1 is 1.05 bits per heavy atom. The van der Waals surface area contributed by atoms with Crippen LogP contribution in [0, 0.1) is 0 Å². The summed E-state index contributed by atoms with van der Waals surface area (Å²) in [5.74, 6) is 3.92. The van der Waals surface area contributed by atoms with Crippen molar-refractivity contribution in [2.75, 3.05) is 18.1 Å². The molecule has 1 heterocycles. The fraction of sp³-hybridized carbons (Fsp3) is 0.444. The van der Waals surface area contributed by atoms with Crippen molar-refractivity contribution in [3.05, 3.63) is 36.4 Å². The van der Waals surface area contributed by atoms with Crippen molar-refractivity contribution in [2.45, 2.75) is 37.5 Å². The average Bonchev–Trinajstić information content (AvgIpc) is 3.01. The minimum atomic E-state index is -0.00663. The topological polar surface area (TPSA) is 9.23 Å². The predicted octanol–water partition coefficient (Wildman–Crippen LogP) is 5.17. The second-order valence-electron chi connectivity index (χ2n) is 5.53. The van der Waals surface area contributed by atoms with Gasteiger partial charge in [-0.05, 0) is 47.6 Å². The van der Waals surface area contributed by atoms with E-state index >= 15 is 0 Å². The third-order valence-corrected chi connectivity index (χ3v) is 6.85. The second-order valence-corrected chi connectivity index (χ2v) is 7.95. The predicted molar refractivity (Wildman–Crippen MR) is 90.6 cm³/mol. The molecule has 0 aromatic heterocycles. The molecule has 2 aromatic rings. The molecular weight excluding hydrogens is 264 g/mol. The lowest BCUT2D eigenvalue weighted by atomic mass is 10.1. The highest BCUT2D eigenvalue weighted by molar-refractivity contribution is 8.17. The van der Waals surface area contributed by atoms with Gasteiger partial charge in [-0.15, -0.1) is 0 Å². The number of thiol groups is 1. The number of hydrogen-bond donors (Lipinski definition) is 1. The van der Waals surface area contributed by atoms with E-state index in [1.807, 2.05) is 0 Å². The summed E-state index contributed by atoms with van der Waals surface area (Å²) < 4.78 is 6.11. The van der Waals surface area contributed by atoms with Crippen LogP contribution in [0.1, 0.15) is 32.6 Å². The van der Waals surface area contributed by atoms with E-state index in [1.165, 1.54) is 46.4 Å². The third kappa shape index (κ3) is 2.80. The largest absolute Gasteiger partial charge is 0.492 e. The molecule has 0 unspecified atom stereocenters. The molecule has 20 heavy (non-hydrogen) atoms. The fourth-order valence-electron chi connectivity index (χ4n) is 2.94. The van der Waals surface area contributed by atoms with Crippen LogP contribution in [0.15, 0.2) is 41.3 Å². The Morgan fingerprint density at radius 2 is 1.85 bits per heavy atom. The number of benzene rings is 2. The SMILES string of the molecule is CCCCOc1ccc2ccccc2c1[SH]1CCCC1. The van der Waals surface area contributed by atoms with E-state index in [2.05, 4.69) is 43.3 Å². The Labute approximate surface area is 124 Å². The van der Waals surface area contributed by atoms with Gasteiger partial charge in [0, 0.05) is 4.90 Å². The average molecular weight is 288 g/mol. The first-order chi connectivity index (χ1) is 9.90. The van der Waals surface area contributed by atoms with Crippen LogP contribution in [0.4, 0.5) is 0 Å². The molecule has 1 nitrogen and oxygen atoms in total. The zero-order valence-electron chi connectivity index (χ0n) is 12.3. The molecule has 1 saturated heterocycles. The summed E-state index contributed by atoms with van der Waals surface area (Å²) in [5, 5.41) is 2.79. The lowest BCUT2D eigenvalue weighted by molar-refractivity contribution is 0.303. The molecular formula is C18H24OS. The van der Waals surface area contributed by atoms with Crippen LogP contribution in [0.3, 0.4) is 0 Å². The Kier molecular flexibility index (Phi) is 4.51. The van der Waals surface area contributed by atoms with Gasteiger partial charge in [0.1, 0.15) is 5.75 Å². The van der Waals surface area contributed by atoms with Crippen LogP contribution in [-0.2, 0) is 0 Å². The number of hydrogen-bond acceptors (Lipinski definition) is 1. The van der Waals surface area contributed by atoms with Gasteiger partial charge in [0.15, 0.2) is 0 Å². The van der Waals surface area contributed by atoms with E-state index in [1.54, 1.807) is 0 Å².